The largest absolute Gasteiger partial charge is 0.391 e. The highest BCUT2D eigenvalue weighted by Gasteiger charge is 2.40. The third-order valence-electron chi connectivity index (χ3n) is 5.84. The second kappa shape index (κ2) is 9.49. The van der Waals surface area contributed by atoms with Crippen LogP contribution in [0.15, 0.2) is 66.7 Å². The van der Waals surface area contributed by atoms with Gasteiger partial charge in [-0.05, 0) is 65.6 Å². The van der Waals surface area contributed by atoms with Gasteiger partial charge in [0.05, 0.1) is 6.61 Å². The molecule has 0 fully saturated rings. The average Bonchev–Trinajstić information content (AvgIpc) is 2.77. The minimum absolute atomic E-state index is 0.608. The summed E-state index contributed by atoms with van der Waals surface area (Å²) in [6, 6.07) is 20.8. The van der Waals surface area contributed by atoms with Crippen LogP contribution in [0.2, 0.25) is 6.04 Å². The van der Waals surface area contributed by atoms with Crippen LogP contribution in [0.5, 0.6) is 0 Å². The molecule has 0 amide bonds. The van der Waals surface area contributed by atoms with Crippen molar-refractivity contribution < 1.29 is 13.6 Å². The van der Waals surface area contributed by atoms with Crippen LogP contribution in [0.3, 0.4) is 0 Å². The van der Waals surface area contributed by atoms with Gasteiger partial charge in [0.25, 0.3) is 0 Å². The highest BCUT2D eigenvalue weighted by molar-refractivity contribution is 6.83. The summed E-state index contributed by atoms with van der Waals surface area (Å²) < 4.78 is 18.8. The molecule has 0 heterocycles. The van der Waals surface area contributed by atoms with E-state index in [4.69, 9.17) is 13.6 Å². The Morgan fingerprint density at radius 3 is 2.10 bits per heavy atom. The summed E-state index contributed by atoms with van der Waals surface area (Å²) in [5.74, 6) is 0. The zero-order valence-electron chi connectivity index (χ0n) is 18.9. The van der Waals surface area contributed by atoms with Gasteiger partial charge in [0.1, 0.15) is 0 Å². The van der Waals surface area contributed by atoms with Crippen LogP contribution in [0.25, 0.3) is 32.3 Å². The monoisotopic (exact) mass is 432 g/mol. The number of benzene rings is 4. The highest BCUT2D eigenvalue weighted by Crippen LogP contribution is 2.35. The Morgan fingerprint density at radius 1 is 0.839 bits per heavy atom. The molecule has 0 atom stereocenters. The first-order valence-electron chi connectivity index (χ1n) is 11.3. The fraction of sp³-hybridized carbons (Fsp3) is 0.333. The Bertz CT molecular complexity index is 1160. The van der Waals surface area contributed by atoms with Gasteiger partial charge < -0.3 is 13.6 Å². The molecule has 0 aliphatic carbocycles. The summed E-state index contributed by atoms with van der Waals surface area (Å²) >= 11 is 0. The van der Waals surface area contributed by atoms with Crippen molar-refractivity contribution in [3.63, 3.8) is 0 Å². The van der Waals surface area contributed by atoms with E-state index in [0.717, 1.165) is 18.0 Å². The molecule has 3 nitrogen and oxygen atoms in total. The van der Waals surface area contributed by atoms with E-state index in [-0.39, 0.29) is 0 Å². The molecule has 0 unspecified atom stereocenters. The van der Waals surface area contributed by atoms with Crippen LogP contribution >= 0.6 is 0 Å². The number of hydrogen-bond donors (Lipinski definition) is 0. The average molecular weight is 433 g/mol. The number of hydrogen-bond acceptors (Lipinski definition) is 3. The van der Waals surface area contributed by atoms with Crippen molar-refractivity contribution >= 4 is 46.1 Å². The van der Waals surface area contributed by atoms with Gasteiger partial charge in [-0.1, -0.05) is 66.7 Å². The molecule has 4 heteroatoms. The van der Waals surface area contributed by atoms with E-state index in [0.29, 0.717) is 26.4 Å². The first kappa shape index (κ1) is 22.0. The smallest absolute Gasteiger partial charge is 0.373 e. The fourth-order valence-corrected chi connectivity index (χ4v) is 8.11. The van der Waals surface area contributed by atoms with Crippen LogP contribution in [0.4, 0.5) is 0 Å². The Morgan fingerprint density at radius 2 is 1.45 bits per heavy atom. The van der Waals surface area contributed by atoms with Crippen LogP contribution in [0, 0.1) is 0 Å². The summed E-state index contributed by atoms with van der Waals surface area (Å²) in [6.45, 7) is 12.6. The van der Waals surface area contributed by atoms with Gasteiger partial charge in [-0.15, -0.1) is 0 Å². The van der Waals surface area contributed by atoms with E-state index in [1.54, 1.807) is 0 Å². The maximum atomic E-state index is 6.52. The van der Waals surface area contributed by atoms with Crippen molar-refractivity contribution in [3.05, 3.63) is 66.7 Å². The fourth-order valence-electron chi connectivity index (χ4n) is 4.66. The molecule has 0 saturated carbocycles. The molecule has 0 spiro atoms. The normalized spacial score (nSPS) is 12.4. The van der Waals surface area contributed by atoms with E-state index in [9.17, 15) is 0 Å². The van der Waals surface area contributed by atoms with Gasteiger partial charge in [-0.2, -0.15) is 0 Å². The molecule has 4 aromatic carbocycles. The van der Waals surface area contributed by atoms with E-state index in [2.05, 4.69) is 75.0 Å². The minimum Gasteiger partial charge on any atom is -0.391 e. The maximum absolute atomic E-state index is 6.52. The third kappa shape index (κ3) is 4.26. The zero-order valence-corrected chi connectivity index (χ0v) is 19.9. The third-order valence-corrected chi connectivity index (χ3v) is 9.62. The first-order chi connectivity index (χ1) is 15.1. The van der Waals surface area contributed by atoms with Crippen LogP contribution in [-0.4, -0.2) is 35.0 Å². The first-order valence-corrected chi connectivity index (χ1v) is 13.3. The quantitative estimate of drug-likeness (QED) is 0.121. The van der Waals surface area contributed by atoms with Crippen LogP contribution in [0.1, 0.15) is 27.2 Å². The van der Waals surface area contributed by atoms with Gasteiger partial charge in [0, 0.05) is 25.0 Å². The predicted octanol–water partition coefficient (Wildman–Crippen LogP) is 6.29. The van der Waals surface area contributed by atoms with Crippen molar-refractivity contribution in [3.8, 4) is 0 Å². The molecule has 0 saturated heterocycles. The molecule has 0 aliphatic heterocycles. The lowest BCUT2D eigenvalue weighted by Gasteiger charge is -2.32. The van der Waals surface area contributed by atoms with Gasteiger partial charge in [-0.3, -0.25) is 0 Å². The van der Waals surface area contributed by atoms with Crippen molar-refractivity contribution in [2.45, 2.75) is 33.2 Å². The summed E-state index contributed by atoms with van der Waals surface area (Å²) in [7, 11) is -2.64. The van der Waals surface area contributed by atoms with Crippen LogP contribution < -0.4 is 5.19 Å². The lowest BCUT2D eigenvalue weighted by atomic mass is 9.94. The van der Waals surface area contributed by atoms with Crippen molar-refractivity contribution in [1.82, 2.24) is 0 Å². The minimum atomic E-state index is -2.64. The maximum Gasteiger partial charge on any atom is 0.373 e. The van der Waals surface area contributed by atoms with Crippen molar-refractivity contribution in [2.24, 2.45) is 0 Å². The number of rotatable bonds is 11. The molecule has 4 rings (SSSR count). The summed E-state index contributed by atoms with van der Waals surface area (Å²) in [5.41, 5.74) is 1.05. The van der Waals surface area contributed by atoms with Gasteiger partial charge >= 0.3 is 8.56 Å². The van der Waals surface area contributed by atoms with Gasteiger partial charge in [0.2, 0.25) is 0 Å². The summed E-state index contributed by atoms with van der Waals surface area (Å²) in [6.07, 6.45) is 0.904. The highest BCUT2D eigenvalue weighted by atomic mass is 28.4. The molecule has 4 aromatic rings. The second-order valence-corrected chi connectivity index (χ2v) is 11.3. The standard InChI is InChI=1S/C27H32O3Si/c1-5-29-31(30-6-2,18-8-17-28-19-20(3)4)25-16-14-23-12-11-21-9-7-10-22-13-15-24(25)27(23)26(21)22/h7,9-16H,3,5-6,8,17-19H2,1-2,4H3. The van der Waals surface area contributed by atoms with Gasteiger partial charge in [0.15, 0.2) is 0 Å². The molecule has 0 aliphatic rings. The topological polar surface area (TPSA) is 27.7 Å². The van der Waals surface area contributed by atoms with Gasteiger partial charge in [-0.25, -0.2) is 0 Å². The second-order valence-electron chi connectivity index (χ2n) is 8.20. The molecule has 162 valence electrons. The Kier molecular flexibility index (Phi) is 6.73. The molecule has 0 N–H and O–H groups in total. The van der Waals surface area contributed by atoms with E-state index >= 15 is 0 Å². The van der Waals surface area contributed by atoms with E-state index in [1.807, 2.05) is 6.92 Å². The molecule has 31 heavy (non-hydrogen) atoms. The number of ether oxygens (including phenoxy) is 1. The zero-order chi connectivity index (χ0) is 21.8. The Labute approximate surface area is 186 Å². The lowest BCUT2D eigenvalue weighted by Crippen LogP contribution is -2.54. The Balaban J connectivity index is 1.81. The lowest BCUT2D eigenvalue weighted by molar-refractivity contribution is 0.149. The predicted molar refractivity (Wildman–Crippen MR) is 134 cm³/mol. The molecule has 0 aromatic heterocycles. The van der Waals surface area contributed by atoms with Crippen molar-refractivity contribution in [1.29, 1.82) is 0 Å². The Hall–Kier alpha value is -2.24. The molecule has 0 radical (unpaired) electrons. The SMILES string of the molecule is C=C(C)COCCC[Si](OCC)(OCC)c1ccc2ccc3cccc4ccc1c2c34. The summed E-state index contributed by atoms with van der Waals surface area (Å²) in [4.78, 5) is 0. The molecular weight excluding hydrogens is 400 g/mol. The molecule has 0 bridgehead atoms. The molecular formula is C27H32O3Si. The van der Waals surface area contributed by atoms with Crippen LogP contribution in [-0.2, 0) is 13.6 Å². The van der Waals surface area contributed by atoms with Crippen molar-refractivity contribution in [2.75, 3.05) is 26.4 Å². The van der Waals surface area contributed by atoms with E-state index < -0.39 is 8.56 Å². The van der Waals surface area contributed by atoms with E-state index in [1.165, 1.54) is 37.5 Å². The summed E-state index contributed by atoms with van der Waals surface area (Å²) in [5, 5.41) is 8.98.